The molecule has 0 amide bonds. The van der Waals surface area contributed by atoms with Gasteiger partial charge >= 0.3 is 0 Å². The lowest BCUT2D eigenvalue weighted by Crippen LogP contribution is -2.23. The minimum absolute atomic E-state index is 0.612. The molecule has 1 aromatic carbocycles. The van der Waals surface area contributed by atoms with Crippen molar-refractivity contribution in [2.24, 2.45) is 5.92 Å². The maximum Gasteiger partial charge on any atom is 0.180 e. The van der Waals surface area contributed by atoms with Gasteiger partial charge in [0.15, 0.2) is 23.0 Å². The van der Waals surface area contributed by atoms with E-state index in [4.69, 9.17) is 14.2 Å². The zero-order chi connectivity index (χ0) is 18.6. The van der Waals surface area contributed by atoms with E-state index in [9.17, 15) is 0 Å². The van der Waals surface area contributed by atoms with Crippen molar-refractivity contribution in [2.75, 3.05) is 39.3 Å². The molecule has 3 heterocycles. The monoisotopic (exact) mass is 368 g/mol. The largest absolute Gasteiger partial charge is 0.493 e. The number of nitrogens with one attached hydrogen (secondary N) is 1. The quantitative estimate of drug-likeness (QED) is 0.720. The summed E-state index contributed by atoms with van der Waals surface area (Å²) in [7, 11) is 3.27. The zero-order valence-electron chi connectivity index (χ0n) is 15.6. The summed E-state index contributed by atoms with van der Waals surface area (Å²) in [6.45, 7) is 2.57. The van der Waals surface area contributed by atoms with Gasteiger partial charge in [0, 0.05) is 37.7 Å². The van der Waals surface area contributed by atoms with Crippen LogP contribution in [-0.2, 0) is 4.74 Å². The molecule has 27 heavy (non-hydrogen) atoms. The Balaban J connectivity index is 1.62. The van der Waals surface area contributed by atoms with E-state index in [1.807, 2.05) is 35.0 Å². The molecule has 1 saturated heterocycles. The fraction of sp³-hybridized carbons (Fsp3) is 0.400. The Morgan fingerprint density at radius 1 is 1.15 bits per heavy atom. The number of imidazole rings is 1. The van der Waals surface area contributed by atoms with Gasteiger partial charge in [-0.1, -0.05) is 0 Å². The smallest absolute Gasteiger partial charge is 0.180 e. The molecule has 4 rings (SSSR count). The van der Waals surface area contributed by atoms with Crippen LogP contribution in [0.1, 0.15) is 12.8 Å². The molecule has 0 atom stereocenters. The van der Waals surface area contributed by atoms with Crippen LogP contribution in [0.5, 0.6) is 11.5 Å². The second-order valence-corrected chi connectivity index (χ2v) is 6.62. The van der Waals surface area contributed by atoms with Crippen LogP contribution >= 0.6 is 0 Å². The zero-order valence-corrected chi connectivity index (χ0v) is 15.6. The van der Waals surface area contributed by atoms with E-state index < -0.39 is 0 Å². The molecule has 7 heteroatoms. The fourth-order valence-corrected chi connectivity index (χ4v) is 3.44. The molecule has 0 radical (unpaired) electrons. The van der Waals surface area contributed by atoms with Crippen molar-refractivity contribution < 1.29 is 14.2 Å². The molecule has 1 aliphatic heterocycles. The van der Waals surface area contributed by atoms with Crippen molar-refractivity contribution >= 4 is 11.5 Å². The maximum absolute atomic E-state index is 5.43. The maximum atomic E-state index is 5.43. The first-order chi connectivity index (χ1) is 13.3. The van der Waals surface area contributed by atoms with Crippen LogP contribution in [-0.4, -0.2) is 48.3 Å². The molecule has 0 saturated carbocycles. The van der Waals surface area contributed by atoms with E-state index in [-0.39, 0.29) is 0 Å². The minimum Gasteiger partial charge on any atom is -0.493 e. The van der Waals surface area contributed by atoms with Crippen molar-refractivity contribution in [2.45, 2.75) is 12.8 Å². The normalized spacial score (nSPS) is 15.0. The van der Waals surface area contributed by atoms with Crippen LogP contribution in [0, 0.1) is 5.92 Å². The minimum atomic E-state index is 0.612. The summed E-state index contributed by atoms with van der Waals surface area (Å²) >= 11 is 0. The number of hydrogen-bond donors (Lipinski definition) is 1. The van der Waals surface area contributed by atoms with E-state index >= 15 is 0 Å². The van der Waals surface area contributed by atoms with Crippen molar-refractivity contribution in [3.8, 4) is 22.8 Å². The summed E-state index contributed by atoms with van der Waals surface area (Å²) in [5.74, 6) is 2.81. The average molecular weight is 368 g/mol. The Labute approximate surface area is 158 Å². The number of benzene rings is 1. The van der Waals surface area contributed by atoms with Gasteiger partial charge in [-0.3, -0.25) is 4.40 Å². The van der Waals surface area contributed by atoms with Gasteiger partial charge in [-0.25, -0.2) is 9.97 Å². The topological polar surface area (TPSA) is 69.9 Å². The van der Waals surface area contributed by atoms with Crippen molar-refractivity contribution in [3.63, 3.8) is 0 Å². The van der Waals surface area contributed by atoms with Crippen LogP contribution in [0.3, 0.4) is 0 Å². The predicted molar refractivity (Wildman–Crippen MR) is 104 cm³/mol. The van der Waals surface area contributed by atoms with E-state index in [1.54, 1.807) is 20.4 Å². The third-order valence-corrected chi connectivity index (χ3v) is 5.01. The lowest BCUT2D eigenvalue weighted by molar-refractivity contribution is 0.0699. The van der Waals surface area contributed by atoms with Gasteiger partial charge in [0.1, 0.15) is 0 Å². The van der Waals surface area contributed by atoms with Crippen molar-refractivity contribution in [1.82, 2.24) is 14.4 Å². The van der Waals surface area contributed by atoms with Gasteiger partial charge in [0.2, 0.25) is 0 Å². The van der Waals surface area contributed by atoms with Gasteiger partial charge in [0.05, 0.1) is 26.1 Å². The second-order valence-electron chi connectivity index (χ2n) is 6.62. The Kier molecular flexibility index (Phi) is 5.11. The van der Waals surface area contributed by atoms with Gasteiger partial charge in [-0.2, -0.15) is 0 Å². The Hall–Kier alpha value is -2.80. The SMILES string of the molecule is COc1ccc(-c2cnc3c(NCC4CCOCC4)nccn23)cc1OC. The first kappa shape index (κ1) is 17.6. The molecule has 0 unspecified atom stereocenters. The molecule has 0 aliphatic carbocycles. The molecular weight excluding hydrogens is 344 g/mol. The summed E-state index contributed by atoms with van der Waals surface area (Å²) in [5, 5.41) is 3.47. The first-order valence-corrected chi connectivity index (χ1v) is 9.16. The molecule has 1 fully saturated rings. The standard InChI is InChI=1S/C20H24N4O3/c1-25-17-4-3-15(11-18(17)26-2)16-13-23-20-19(21-7-8-24(16)20)22-12-14-5-9-27-10-6-14/h3-4,7-8,11,13-14H,5-6,9-10,12H2,1-2H3,(H,21,22). The summed E-state index contributed by atoms with van der Waals surface area (Å²) < 4.78 is 18.2. The van der Waals surface area contributed by atoms with Crippen LogP contribution in [0.25, 0.3) is 16.9 Å². The number of nitrogens with zero attached hydrogens (tertiary/aromatic N) is 3. The van der Waals surface area contributed by atoms with Gasteiger partial charge in [0.25, 0.3) is 0 Å². The molecule has 3 aromatic rings. The van der Waals surface area contributed by atoms with E-state index in [0.717, 1.165) is 55.3 Å². The number of rotatable bonds is 6. The highest BCUT2D eigenvalue weighted by molar-refractivity contribution is 5.72. The molecule has 0 bridgehead atoms. The number of methoxy groups -OCH3 is 2. The van der Waals surface area contributed by atoms with E-state index in [1.165, 1.54) is 0 Å². The molecule has 0 spiro atoms. The molecular formula is C20H24N4O3. The summed E-state index contributed by atoms with van der Waals surface area (Å²) in [6, 6.07) is 5.86. The lowest BCUT2D eigenvalue weighted by Gasteiger charge is -2.22. The highest BCUT2D eigenvalue weighted by Crippen LogP contribution is 2.33. The third-order valence-electron chi connectivity index (χ3n) is 5.01. The third kappa shape index (κ3) is 3.55. The lowest BCUT2D eigenvalue weighted by atomic mass is 10.0. The molecule has 2 aromatic heterocycles. The highest BCUT2D eigenvalue weighted by atomic mass is 16.5. The summed E-state index contributed by atoms with van der Waals surface area (Å²) in [5.41, 5.74) is 2.79. The molecule has 1 aliphatic rings. The number of anilines is 1. The van der Waals surface area contributed by atoms with Crippen LogP contribution in [0.15, 0.2) is 36.8 Å². The van der Waals surface area contributed by atoms with Crippen LogP contribution < -0.4 is 14.8 Å². The summed E-state index contributed by atoms with van der Waals surface area (Å²) in [4.78, 5) is 9.09. The van der Waals surface area contributed by atoms with Crippen molar-refractivity contribution in [1.29, 1.82) is 0 Å². The number of hydrogen-bond acceptors (Lipinski definition) is 6. The van der Waals surface area contributed by atoms with E-state index in [2.05, 4.69) is 15.3 Å². The Bertz CT molecular complexity index is 919. The predicted octanol–water partition coefficient (Wildman–Crippen LogP) is 3.25. The number of ether oxygens (including phenoxy) is 3. The van der Waals surface area contributed by atoms with Crippen molar-refractivity contribution in [3.05, 3.63) is 36.8 Å². The number of aromatic nitrogens is 3. The second kappa shape index (κ2) is 7.84. The van der Waals surface area contributed by atoms with Gasteiger partial charge in [-0.05, 0) is 37.0 Å². The van der Waals surface area contributed by atoms with E-state index in [0.29, 0.717) is 17.4 Å². The van der Waals surface area contributed by atoms with Crippen LogP contribution in [0.2, 0.25) is 0 Å². The Morgan fingerprint density at radius 3 is 2.74 bits per heavy atom. The molecule has 7 nitrogen and oxygen atoms in total. The Morgan fingerprint density at radius 2 is 1.96 bits per heavy atom. The first-order valence-electron chi connectivity index (χ1n) is 9.16. The molecule has 142 valence electrons. The van der Waals surface area contributed by atoms with Gasteiger partial charge in [-0.15, -0.1) is 0 Å². The van der Waals surface area contributed by atoms with Gasteiger partial charge < -0.3 is 19.5 Å². The molecule has 1 N–H and O–H groups in total. The van der Waals surface area contributed by atoms with Crippen LogP contribution in [0.4, 0.5) is 5.82 Å². The number of fused-ring (bicyclic) bond motifs is 1. The highest BCUT2D eigenvalue weighted by Gasteiger charge is 2.16. The fourth-order valence-electron chi connectivity index (χ4n) is 3.44. The average Bonchev–Trinajstić information content (AvgIpc) is 3.17. The summed E-state index contributed by atoms with van der Waals surface area (Å²) in [6.07, 6.45) is 7.75.